The van der Waals surface area contributed by atoms with E-state index in [0.717, 1.165) is 22.0 Å². The van der Waals surface area contributed by atoms with Crippen molar-refractivity contribution in [3.63, 3.8) is 0 Å². The van der Waals surface area contributed by atoms with Gasteiger partial charge in [0.2, 0.25) is 0 Å². The van der Waals surface area contributed by atoms with Crippen LogP contribution in [-0.2, 0) is 0 Å². The van der Waals surface area contributed by atoms with Crippen molar-refractivity contribution in [3.05, 3.63) is 77.6 Å². The van der Waals surface area contributed by atoms with Crippen LogP contribution >= 0.6 is 0 Å². The maximum Gasteiger partial charge on any atom is 0.154 e. The fourth-order valence-electron chi connectivity index (χ4n) is 2.62. The van der Waals surface area contributed by atoms with E-state index in [2.05, 4.69) is 27.7 Å². The zero-order valence-corrected chi connectivity index (χ0v) is 11.6. The van der Waals surface area contributed by atoms with Gasteiger partial charge in [-0.15, -0.1) is 0 Å². The number of hydrazone groups is 1. The second-order valence-electron chi connectivity index (χ2n) is 5.03. The first-order chi connectivity index (χ1) is 10.8. The lowest BCUT2D eigenvalue weighted by atomic mass is 10.0. The van der Waals surface area contributed by atoms with Gasteiger partial charge in [-0.05, 0) is 17.5 Å². The molecule has 1 heterocycles. The van der Waals surface area contributed by atoms with Gasteiger partial charge in [0.25, 0.3) is 0 Å². The van der Waals surface area contributed by atoms with Gasteiger partial charge in [0.15, 0.2) is 5.84 Å². The Labute approximate surface area is 126 Å². The second-order valence-corrected chi connectivity index (χ2v) is 5.03. The third kappa shape index (κ3) is 2.05. The van der Waals surface area contributed by atoms with Crippen LogP contribution in [0.5, 0.6) is 0 Å². The van der Waals surface area contributed by atoms with E-state index >= 15 is 0 Å². The summed E-state index contributed by atoms with van der Waals surface area (Å²) in [5.41, 5.74) is 5.29. The van der Waals surface area contributed by atoms with Crippen molar-refractivity contribution in [3.8, 4) is 0 Å². The van der Waals surface area contributed by atoms with Gasteiger partial charge in [-0.1, -0.05) is 48.5 Å². The zero-order valence-electron chi connectivity index (χ0n) is 11.6. The van der Waals surface area contributed by atoms with Crippen molar-refractivity contribution in [1.29, 1.82) is 0 Å². The summed E-state index contributed by atoms with van der Waals surface area (Å²) >= 11 is 0. The van der Waals surface area contributed by atoms with Gasteiger partial charge in [0, 0.05) is 16.5 Å². The number of nitrogens with zero attached hydrogens (tertiary/aromatic N) is 2. The van der Waals surface area contributed by atoms with Crippen LogP contribution in [0, 0.1) is 5.82 Å². The van der Waals surface area contributed by atoms with Crippen molar-refractivity contribution in [2.75, 3.05) is 0 Å². The monoisotopic (exact) mass is 289 g/mol. The number of amidine groups is 1. The molecule has 106 valence electrons. The van der Waals surface area contributed by atoms with Gasteiger partial charge in [-0.25, -0.2) is 9.38 Å². The summed E-state index contributed by atoms with van der Waals surface area (Å²) in [5, 5.41) is 6.37. The Morgan fingerprint density at radius 1 is 0.955 bits per heavy atom. The van der Waals surface area contributed by atoms with Gasteiger partial charge in [0.05, 0.1) is 11.9 Å². The van der Waals surface area contributed by atoms with Gasteiger partial charge in [0.1, 0.15) is 5.82 Å². The van der Waals surface area contributed by atoms with E-state index in [-0.39, 0.29) is 5.82 Å². The highest BCUT2D eigenvalue weighted by Gasteiger charge is 2.17. The predicted octanol–water partition coefficient (Wildman–Crippen LogP) is 3.99. The summed E-state index contributed by atoms with van der Waals surface area (Å²) in [7, 11) is 0. The summed E-state index contributed by atoms with van der Waals surface area (Å²) in [5.74, 6) is 0.381. The molecule has 0 unspecified atom stereocenters. The number of hydrogen-bond acceptors (Lipinski definition) is 3. The van der Waals surface area contributed by atoms with Crippen molar-refractivity contribution >= 4 is 28.5 Å². The number of rotatable bonds is 2. The molecule has 3 aromatic carbocycles. The molecule has 4 rings (SSSR count). The molecule has 3 aromatic rings. The van der Waals surface area contributed by atoms with Gasteiger partial charge < -0.3 is 0 Å². The summed E-state index contributed by atoms with van der Waals surface area (Å²) in [6.45, 7) is 0. The third-order valence-corrected chi connectivity index (χ3v) is 3.65. The topological polar surface area (TPSA) is 36.8 Å². The Balaban J connectivity index is 1.64. The normalized spacial score (nSPS) is 12.9. The molecule has 0 aliphatic carbocycles. The van der Waals surface area contributed by atoms with Crippen molar-refractivity contribution < 1.29 is 4.39 Å². The summed E-state index contributed by atoms with van der Waals surface area (Å²) < 4.78 is 13.5. The van der Waals surface area contributed by atoms with E-state index in [1.54, 1.807) is 18.2 Å². The fourth-order valence-corrected chi connectivity index (χ4v) is 2.62. The van der Waals surface area contributed by atoms with Crippen molar-refractivity contribution in [2.24, 2.45) is 10.1 Å². The molecule has 1 N–H and O–H groups in total. The molecule has 0 spiro atoms. The molecule has 0 saturated carbocycles. The van der Waals surface area contributed by atoms with E-state index in [4.69, 9.17) is 0 Å². The lowest BCUT2D eigenvalue weighted by molar-refractivity contribution is 0.626. The molecule has 0 aromatic heterocycles. The number of hydrogen-bond donors (Lipinski definition) is 1. The Kier molecular flexibility index (Phi) is 2.93. The zero-order chi connectivity index (χ0) is 14.9. The number of benzene rings is 3. The summed E-state index contributed by atoms with van der Waals surface area (Å²) in [6.07, 6.45) is 1.46. The molecule has 0 fully saturated rings. The Hall–Kier alpha value is -3.01. The first kappa shape index (κ1) is 12.7. The average Bonchev–Trinajstić information content (AvgIpc) is 2.90. The lowest BCUT2D eigenvalue weighted by Crippen LogP contribution is -2.17. The highest BCUT2D eigenvalue weighted by atomic mass is 19.1. The van der Waals surface area contributed by atoms with Crippen molar-refractivity contribution in [2.45, 2.75) is 0 Å². The first-order valence-corrected chi connectivity index (χ1v) is 6.97. The lowest BCUT2D eigenvalue weighted by Gasteiger charge is -2.02. The molecule has 0 saturated heterocycles. The largest absolute Gasteiger partial charge is 0.261 e. The first-order valence-electron chi connectivity index (χ1n) is 6.97. The molecular weight excluding hydrogens is 277 g/mol. The second kappa shape index (κ2) is 5.07. The average molecular weight is 289 g/mol. The van der Waals surface area contributed by atoms with Crippen molar-refractivity contribution in [1.82, 2.24) is 5.43 Å². The molecule has 1 aliphatic rings. The summed E-state index contributed by atoms with van der Waals surface area (Å²) in [6, 6.07) is 18.6. The smallest absolute Gasteiger partial charge is 0.154 e. The fraction of sp³-hybridized carbons (Fsp3) is 0. The van der Waals surface area contributed by atoms with E-state index in [0.29, 0.717) is 11.4 Å². The summed E-state index contributed by atoms with van der Waals surface area (Å²) in [4.78, 5) is 4.55. The molecule has 0 radical (unpaired) electrons. The molecule has 0 amide bonds. The maximum atomic E-state index is 13.5. The molecule has 22 heavy (non-hydrogen) atoms. The number of aliphatic imine (C=N–C) groups is 1. The SMILES string of the molecule is Fc1ccccc1C=NNC1=Nc2cccc3cccc1c23. The Bertz CT molecular complexity index is 923. The van der Waals surface area contributed by atoms with Crippen LogP contribution in [0.2, 0.25) is 0 Å². The molecule has 0 bridgehead atoms. The predicted molar refractivity (Wildman–Crippen MR) is 87.3 cm³/mol. The highest BCUT2D eigenvalue weighted by Crippen LogP contribution is 2.34. The minimum Gasteiger partial charge on any atom is -0.261 e. The Morgan fingerprint density at radius 2 is 1.77 bits per heavy atom. The van der Waals surface area contributed by atoms with Crippen LogP contribution in [0.15, 0.2) is 70.8 Å². The van der Waals surface area contributed by atoms with Crippen LogP contribution < -0.4 is 5.43 Å². The van der Waals surface area contributed by atoms with E-state index in [1.807, 2.05) is 24.3 Å². The van der Waals surface area contributed by atoms with E-state index in [1.165, 1.54) is 12.3 Å². The minimum absolute atomic E-state index is 0.299. The maximum absolute atomic E-state index is 13.5. The van der Waals surface area contributed by atoms with E-state index in [9.17, 15) is 4.39 Å². The van der Waals surface area contributed by atoms with Gasteiger partial charge >= 0.3 is 0 Å². The van der Waals surface area contributed by atoms with Crippen LogP contribution in [0.3, 0.4) is 0 Å². The third-order valence-electron chi connectivity index (χ3n) is 3.65. The van der Waals surface area contributed by atoms with Gasteiger partial charge in [-0.2, -0.15) is 5.10 Å². The van der Waals surface area contributed by atoms with E-state index < -0.39 is 0 Å². The molecule has 0 atom stereocenters. The van der Waals surface area contributed by atoms with Crippen LogP contribution in [0.4, 0.5) is 10.1 Å². The number of halogens is 1. The molecule has 1 aliphatic heterocycles. The molecule has 3 nitrogen and oxygen atoms in total. The molecular formula is C18H12FN3. The molecule has 4 heteroatoms. The van der Waals surface area contributed by atoms with Crippen LogP contribution in [-0.4, -0.2) is 12.1 Å². The minimum atomic E-state index is -0.299. The highest BCUT2D eigenvalue weighted by molar-refractivity contribution is 6.18. The Morgan fingerprint density at radius 3 is 2.64 bits per heavy atom. The van der Waals surface area contributed by atoms with Gasteiger partial charge in [-0.3, -0.25) is 5.43 Å². The standard InChI is InChI=1S/C18H12FN3/c19-15-9-2-1-5-13(15)11-20-22-18-14-8-3-6-12-7-4-10-16(21-18)17(12)14/h1-11H,(H,21,22). The van der Waals surface area contributed by atoms with Crippen LogP contribution in [0.25, 0.3) is 10.8 Å². The van der Waals surface area contributed by atoms with Crippen LogP contribution in [0.1, 0.15) is 11.1 Å². The number of nitrogens with one attached hydrogen (secondary N) is 1. The quantitative estimate of drug-likeness (QED) is 0.562.